The molecule has 1 aliphatic heterocycles. The maximum atomic E-state index is 12.8. The van der Waals surface area contributed by atoms with Gasteiger partial charge in [-0.15, -0.1) is 0 Å². The highest BCUT2D eigenvalue weighted by Gasteiger charge is 2.37. The Bertz CT molecular complexity index is 530. The van der Waals surface area contributed by atoms with E-state index in [1.165, 1.54) is 6.07 Å². The minimum Gasteiger partial charge on any atom is -0.368 e. The summed E-state index contributed by atoms with van der Waals surface area (Å²) < 4.78 is 38.4. The van der Waals surface area contributed by atoms with Crippen LogP contribution in [0.15, 0.2) is 18.2 Å². The standard InChI is InChI=1S/C13H16F3N3O/c1-3-18-8(2)19(7-12(17)20)11-6-9(13(14,15)16)4-5-10(11)18/h4-6,8H,3,7H2,1-2H3,(H2,17,20). The normalized spacial score (nSPS) is 18.4. The Morgan fingerprint density at radius 1 is 1.30 bits per heavy atom. The first-order valence-electron chi connectivity index (χ1n) is 6.28. The van der Waals surface area contributed by atoms with Crippen molar-refractivity contribution >= 4 is 17.3 Å². The van der Waals surface area contributed by atoms with Crippen molar-refractivity contribution in [1.82, 2.24) is 0 Å². The highest BCUT2D eigenvalue weighted by Crippen LogP contribution is 2.42. The van der Waals surface area contributed by atoms with Gasteiger partial charge in [0.25, 0.3) is 0 Å². The third-order valence-corrected chi connectivity index (χ3v) is 3.49. The summed E-state index contributed by atoms with van der Waals surface area (Å²) in [6.07, 6.45) is -4.61. The molecule has 1 aromatic carbocycles. The number of carbonyl (C=O) groups is 1. The van der Waals surface area contributed by atoms with Crippen LogP contribution in [0.5, 0.6) is 0 Å². The first-order chi connectivity index (χ1) is 9.25. The van der Waals surface area contributed by atoms with Crippen molar-refractivity contribution in [2.75, 3.05) is 22.9 Å². The van der Waals surface area contributed by atoms with Gasteiger partial charge in [0.1, 0.15) is 0 Å². The number of rotatable bonds is 3. The summed E-state index contributed by atoms with van der Waals surface area (Å²) in [6.45, 7) is 4.27. The second-order valence-electron chi connectivity index (χ2n) is 4.71. The zero-order valence-corrected chi connectivity index (χ0v) is 11.2. The van der Waals surface area contributed by atoms with Crippen LogP contribution in [-0.2, 0) is 11.0 Å². The fourth-order valence-corrected chi connectivity index (χ4v) is 2.56. The Morgan fingerprint density at radius 2 is 1.95 bits per heavy atom. The van der Waals surface area contributed by atoms with E-state index in [1.807, 2.05) is 18.7 Å². The van der Waals surface area contributed by atoms with E-state index in [2.05, 4.69) is 0 Å². The summed E-state index contributed by atoms with van der Waals surface area (Å²) in [6, 6.07) is 3.57. The smallest absolute Gasteiger partial charge is 0.368 e. The molecule has 110 valence electrons. The van der Waals surface area contributed by atoms with Crippen molar-refractivity contribution in [3.63, 3.8) is 0 Å². The van der Waals surface area contributed by atoms with Crippen LogP contribution in [0.2, 0.25) is 0 Å². The molecule has 1 unspecified atom stereocenters. The zero-order valence-electron chi connectivity index (χ0n) is 11.2. The van der Waals surface area contributed by atoms with Gasteiger partial charge in [0.05, 0.1) is 29.6 Å². The molecule has 1 aromatic rings. The third-order valence-electron chi connectivity index (χ3n) is 3.49. The van der Waals surface area contributed by atoms with Gasteiger partial charge in [0.2, 0.25) is 5.91 Å². The average molecular weight is 287 g/mol. The summed E-state index contributed by atoms with van der Waals surface area (Å²) in [5.41, 5.74) is 5.54. The minimum absolute atomic E-state index is 0.105. The third kappa shape index (κ3) is 2.39. The predicted octanol–water partition coefficient (Wildman–Crippen LogP) is 2.18. The van der Waals surface area contributed by atoms with Crippen molar-refractivity contribution < 1.29 is 18.0 Å². The zero-order chi connectivity index (χ0) is 15.1. The van der Waals surface area contributed by atoms with Crippen molar-refractivity contribution in [3.05, 3.63) is 23.8 Å². The highest BCUT2D eigenvalue weighted by atomic mass is 19.4. The molecule has 0 bridgehead atoms. The number of hydrogen-bond donors (Lipinski definition) is 1. The molecule has 0 saturated heterocycles. The van der Waals surface area contributed by atoms with Crippen LogP contribution in [0.3, 0.4) is 0 Å². The van der Waals surface area contributed by atoms with Gasteiger partial charge in [-0.1, -0.05) is 0 Å². The maximum absolute atomic E-state index is 12.8. The summed E-state index contributed by atoms with van der Waals surface area (Å²) in [4.78, 5) is 14.6. The number of benzene rings is 1. The number of fused-ring (bicyclic) bond motifs is 1. The summed E-state index contributed by atoms with van der Waals surface area (Å²) in [5, 5.41) is 0. The van der Waals surface area contributed by atoms with E-state index in [0.717, 1.165) is 12.1 Å². The van der Waals surface area contributed by atoms with E-state index >= 15 is 0 Å². The van der Waals surface area contributed by atoms with Crippen molar-refractivity contribution in [1.29, 1.82) is 0 Å². The van der Waals surface area contributed by atoms with Crippen LogP contribution in [0.25, 0.3) is 0 Å². The van der Waals surface area contributed by atoms with Crippen molar-refractivity contribution in [2.24, 2.45) is 5.73 Å². The molecular weight excluding hydrogens is 271 g/mol. The van der Waals surface area contributed by atoms with Gasteiger partial charge in [-0.05, 0) is 32.0 Å². The van der Waals surface area contributed by atoms with Crippen molar-refractivity contribution in [3.8, 4) is 0 Å². The maximum Gasteiger partial charge on any atom is 0.416 e. The fraction of sp³-hybridized carbons (Fsp3) is 0.462. The molecule has 2 rings (SSSR count). The van der Waals surface area contributed by atoms with Crippen LogP contribution in [0.4, 0.5) is 24.5 Å². The van der Waals surface area contributed by atoms with Gasteiger partial charge < -0.3 is 15.5 Å². The number of amides is 1. The van der Waals surface area contributed by atoms with E-state index < -0.39 is 17.6 Å². The Balaban J connectivity index is 2.49. The first kappa shape index (κ1) is 14.5. The average Bonchev–Trinajstić information content (AvgIpc) is 2.60. The summed E-state index contributed by atoms with van der Waals surface area (Å²) >= 11 is 0. The summed E-state index contributed by atoms with van der Waals surface area (Å²) in [5.74, 6) is -0.571. The van der Waals surface area contributed by atoms with Crippen LogP contribution in [0.1, 0.15) is 19.4 Å². The van der Waals surface area contributed by atoms with Crippen molar-refractivity contribution in [2.45, 2.75) is 26.2 Å². The predicted molar refractivity (Wildman–Crippen MR) is 70.5 cm³/mol. The number of nitrogens with zero attached hydrogens (tertiary/aromatic N) is 2. The monoisotopic (exact) mass is 287 g/mol. The Labute approximate surface area is 114 Å². The number of primary amides is 1. The largest absolute Gasteiger partial charge is 0.416 e. The molecule has 0 fully saturated rings. The number of halogens is 3. The molecule has 0 aliphatic carbocycles. The molecule has 0 saturated carbocycles. The van der Waals surface area contributed by atoms with Gasteiger partial charge >= 0.3 is 6.18 Å². The molecule has 20 heavy (non-hydrogen) atoms. The first-order valence-corrected chi connectivity index (χ1v) is 6.28. The lowest BCUT2D eigenvalue weighted by Gasteiger charge is -2.28. The van der Waals surface area contributed by atoms with E-state index in [0.29, 0.717) is 17.9 Å². The number of carbonyl (C=O) groups excluding carboxylic acids is 1. The number of nitrogens with two attached hydrogens (primary N) is 1. The molecule has 2 N–H and O–H groups in total. The lowest BCUT2D eigenvalue weighted by Crippen LogP contribution is -2.44. The molecule has 1 aliphatic rings. The molecule has 1 heterocycles. The molecule has 0 spiro atoms. The molecule has 1 amide bonds. The number of hydrogen-bond acceptors (Lipinski definition) is 3. The Hall–Kier alpha value is -1.92. The molecular formula is C13H16F3N3O. The Morgan fingerprint density at radius 3 is 2.45 bits per heavy atom. The SMILES string of the molecule is CCN1c2ccc(C(F)(F)F)cc2N(CC(N)=O)C1C. The topological polar surface area (TPSA) is 49.6 Å². The molecule has 0 radical (unpaired) electrons. The lowest BCUT2D eigenvalue weighted by atomic mass is 10.1. The van der Waals surface area contributed by atoms with E-state index in [1.54, 1.807) is 4.90 Å². The number of alkyl halides is 3. The second kappa shape index (κ2) is 4.88. The highest BCUT2D eigenvalue weighted by molar-refractivity contribution is 5.86. The van der Waals surface area contributed by atoms with Crippen LogP contribution >= 0.6 is 0 Å². The van der Waals surface area contributed by atoms with Gasteiger partial charge in [0.15, 0.2) is 0 Å². The van der Waals surface area contributed by atoms with E-state index in [4.69, 9.17) is 5.73 Å². The molecule has 0 aromatic heterocycles. The lowest BCUT2D eigenvalue weighted by molar-refractivity contribution is -0.137. The van der Waals surface area contributed by atoms with Gasteiger partial charge in [-0.25, -0.2) is 0 Å². The van der Waals surface area contributed by atoms with Crippen LogP contribution in [-0.4, -0.2) is 25.2 Å². The quantitative estimate of drug-likeness (QED) is 0.927. The Kier molecular flexibility index (Phi) is 3.54. The van der Waals surface area contributed by atoms with Crippen LogP contribution in [0, 0.1) is 0 Å². The van der Waals surface area contributed by atoms with Gasteiger partial charge in [-0.2, -0.15) is 13.2 Å². The summed E-state index contributed by atoms with van der Waals surface area (Å²) in [7, 11) is 0. The number of anilines is 2. The van der Waals surface area contributed by atoms with E-state index in [9.17, 15) is 18.0 Å². The van der Waals surface area contributed by atoms with Gasteiger partial charge in [0, 0.05) is 6.54 Å². The molecule has 7 heteroatoms. The second-order valence-corrected chi connectivity index (χ2v) is 4.71. The van der Waals surface area contributed by atoms with Gasteiger partial charge in [-0.3, -0.25) is 4.79 Å². The van der Waals surface area contributed by atoms with Crippen LogP contribution < -0.4 is 15.5 Å². The minimum atomic E-state index is -4.41. The molecule has 4 nitrogen and oxygen atoms in total. The van der Waals surface area contributed by atoms with E-state index in [-0.39, 0.29) is 12.7 Å². The molecule has 1 atom stereocenters. The fourth-order valence-electron chi connectivity index (χ4n) is 2.56.